The van der Waals surface area contributed by atoms with E-state index >= 15 is 0 Å². The van der Waals surface area contributed by atoms with Gasteiger partial charge < -0.3 is 5.32 Å². The van der Waals surface area contributed by atoms with Crippen molar-refractivity contribution in [1.29, 1.82) is 0 Å². The van der Waals surface area contributed by atoms with Crippen molar-refractivity contribution >= 4 is 15.9 Å². The summed E-state index contributed by atoms with van der Waals surface area (Å²) in [5.74, 6) is -0.158. The third kappa shape index (κ3) is 6.67. The van der Waals surface area contributed by atoms with Crippen molar-refractivity contribution in [2.45, 2.75) is 33.2 Å². The molecule has 0 radical (unpaired) electrons. The zero-order chi connectivity index (χ0) is 15.2. The average Bonchev–Trinajstić information content (AvgIpc) is 2.62. The molecule has 0 aromatic carbocycles. The molecule has 0 fully saturated rings. The van der Waals surface area contributed by atoms with Gasteiger partial charge in [0, 0.05) is 31.7 Å². The van der Waals surface area contributed by atoms with E-state index in [2.05, 4.69) is 15.1 Å². The summed E-state index contributed by atoms with van der Waals surface area (Å²) < 4.78 is 25.8. The van der Waals surface area contributed by atoms with Crippen molar-refractivity contribution in [3.8, 4) is 0 Å². The number of carbonyl (C=O) groups excluding carboxylic acids is 1. The van der Waals surface area contributed by atoms with E-state index in [-0.39, 0.29) is 18.9 Å². The Hall–Kier alpha value is -1.41. The smallest absolute Gasteiger partial charge is 0.221 e. The summed E-state index contributed by atoms with van der Waals surface area (Å²) in [7, 11) is -3.23. The highest BCUT2D eigenvalue weighted by molar-refractivity contribution is 7.88. The predicted molar refractivity (Wildman–Crippen MR) is 76.8 cm³/mol. The average molecular weight is 302 g/mol. The fraction of sp³-hybridized carbons (Fsp3) is 0.667. The summed E-state index contributed by atoms with van der Waals surface area (Å²) >= 11 is 0. The van der Waals surface area contributed by atoms with Gasteiger partial charge in [-0.05, 0) is 26.3 Å². The highest BCUT2D eigenvalue weighted by Crippen LogP contribution is 2.02. The van der Waals surface area contributed by atoms with Crippen LogP contribution in [0.15, 0.2) is 6.07 Å². The molecule has 7 nitrogen and oxygen atoms in total. The number of amides is 1. The van der Waals surface area contributed by atoms with Gasteiger partial charge in [0.25, 0.3) is 0 Å². The molecule has 1 amide bonds. The number of aromatic nitrogens is 2. The maximum Gasteiger partial charge on any atom is 0.221 e. The number of sulfonamides is 1. The molecule has 0 atom stereocenters. The first-order chi connectivity index (χ1) is 9.28. The molecule has 1 rings (SSSR count). The van der Waals surface area contributed by atoms with Crippen LogP contribution in [0.1, 0.15) is 24.2 Å². The molecule has 0 unspecified atom stereocenters. The molecule has 0 aliphatic carbocycles. The first kappa shape index (κ1) is 16.6. The second-order valence-corrected chi connectivity index (χ2v) is 6.60. The molecule has 1 heterocycles. The van der Waals surface area contributed by atoms with E-state index < -0.39 is 10.0 Å². The lowest BCUT2D eigenvalue weighted by molar-refractivity contribution is -0.120. The molecule has 0 saturated heterocycles. The Morgan fingerprint density at radius 1 is 1.35 bits per heavy atom. The second kappa shape index (κ2) is 7.39. The van der Waals surface area contributed by atoms with Gasteiger partial charge in [-0.2, -0.15) is 5.10 Å². The van der Waals surface area contributed by atoms with Crippen molar-refractivity contribution in [3.63, 3.8) is 0 Å². The van der Waals surface area contributed by atoms with E-state index in [9.17, 15) is 13.2 Å². The Morgan fingerprint density at radius 3 is 2.60 bits per heavy atom. The van der Waals surface area contributed by atoms with Gasteiger partial charge in [-0.25, -0.2) is 13.1 Å². The maximum absolute atomic E-state index is 11.4. The highest BCUT2D eigenvalue weighted by atomic mass is 32.2. The van der Waals surface area contributed by atoms with Crippen LogP contribution in [0.2, 0.25) is 0 Å². The fourth-order valence-electron chi connectivity index (χ4n) is 1.80. The van der Waals surface area contributed by atoms with Crippen molar-refractivity contribution in [2.75, 3.05) is 19.3 Å². The molecule has 0 saturated carbocycles. The van der Waals surface area contributed by atoms with Gasteiger partial charge in [0.15, 0.2) is 0 Å². The SMILES string of the molecule is Cc1cc(C)n(CCCNC(=O)CCNS(C)(=O)=O)n1. The van der Waals surface area contributed by atoms with Crippen LogP contribution in [0.5, 0.6) is 0 Å². The minimum Gasteiger partial charge on any atom is -0.356 e. The third-order valence-electron chi connectivity index (χ3n) is 2.69. The van der Waals surface area contributed by atoms with Crippen molar-refractivity contribution in [3.05, 3.63) is 17.5 Å². The number of carbonyl (C=O) groups is 1. The number of hydrogen-bond donors (Lipinski definition) is 2. The molecule has 1 aromatic rings. The summed E-state index contributed by atoms with van der Waals surface area (Å²) in [6.07, 6.45) is 2.00. The van der Waals surface area contributed by atoms with Crippen molar-refractivity contribution in [2.24, 2.45) is 0 Å². The molecule has 0 aliphatic rings. The second-order valence-electron chi connectivity index (χ2n) is 4.77. The van der Waals surface area contributed by atoms with Crippen LogP contribution in [0.4, 0.5) is 0 Å². The van der Waals surface area contributed by atoms with Crippen LogP contribution >= 0.6 is 0 Å². The molecule has 20 heavy (non-hydrogen) atoms. The number of rotatable bonds is 8. The van der Waals surface area contributed by atoms with Gasteiger partial charge in [-0.1, -0.05) is 0 Å². The third-order valence-corrected chi connectivity index (χ3v) is 3.42. The van der Waals surface area contributed by atoms with Crippen LogP contribution in [0, 0.1) is 13.8 Å². The van der Waals surface area contributed by atoms with Crippen LogP contribution in [0.25, 0.3) is 0 Å². The van der Waals surface area contributed by atoms with Gasteiger partial charge in [0.1, 0.15) is 0 Å². The number of nitrogens with one attached hydrogen (secondary N) is 2. The molecule has 0 spiro atoms. The van der Waals surface area contributed by atoms with E-state index in [1.165, 1.54) is 0 Å². The van der Waals surface area contributed by atoms with Gasteiger partial charge in [-0.3, -0.25) is 9.48 Å². The maximum atomic E-state index is 11.4. The number of aryl methyl sites for hydroxylation is 3. The van der Waals surface area contributed by atoms with Crippen LogP contribution in [-0.4, -0.2) is 43.5 Å². The lowest BCUT2D eigenvalue weighted by atomic mass is 10.3. The van der Waals surface area contributed by atoms with Crippen LogP contribution in [0.3, 0.4) is 0 Å². The first-order valence-corrected chi connectivity index (χ1v) is 8.39. The summed E-state index contributed by atoms with van der Waals surface area (Å²) in [5, 5.41) is 7.08. The van der Waals surface area contributed by atoms with Gasteiger partial charge >= 0.3 is 0 Å². The molecule has 0 bridgehead atoms. The van der Waals surface area contributed by atoms with Gasteiger partial charge in [0.2, 0.25) is 15.9 Å². The molecular weight excluding hydrogens is 280 g/mol. The van der Waals surface area contributed by atoms with Crippen LogP contribution in [-0.2, 0) is 21.4 Å². The summed E-state index contributed by atoms with van der Waals surface area (Å²) in [6, 6.07) is 2.01. The van der Waals surface area contributed by atoms with Crippen molar-refractivity contribution in [1.82, 2.24) is 19.8 Å². The minimum atomic E-state index is -3.23. The Bertz CT molecular complexity index is 551. The Morgan fingerprint density at radius 2 is 2.05 bits per heavy atom. The fourth-order valence-corrected chi connectivity index (χ4v) is 2.27. The molecular formula is C12H22N4O3S. The standard InChI is InChI=1S/C12H22N4O3S/c1-10-9-11(2)16(15-10)8-4-6-13-12(17)5-7-14-20(3,18)19/h9,14H,4-8H2,1-3H3,(H,13,17). The Labute approximate surface area is 119 Å². The zero-order valence-corrected chi connectivity index (χ0v) is 13.0. The quantitative estimate of drug-likeness (QED) is 0.658. The summed E-state index contributed by atoms with van der Waals surface area (Å²) in [6.45, 7) is 5.37. The summed E-state index contributed by atoms with van der Waals surface area (Å²) in [4.78, 5) is 11.4. The molecule has 1 aromatic heterocycles. The van der Waals surface area contributed by atoms with Crippen LogP contribution < -0.4 is 10.0 Å². The zero-order valence-electron chi connectivity index (χ0n) is 12.1. The van der Waals surface area contributed by atoms with E-state index in [1.54, 1.807) is 0 Å². The largest absolute Gasteiger partial charge is 0.356 e. The lowest BCUT2D eigenvalue weighted by Gasteiger charge is -2.07. The van der Waals surface area contributed by atoms with E-state index in [1.807, 2.05) is 24.6 Å². The monoisotopic (exact) mass is 302 g/mol. The first-order valence-electron chi connectivity index (χ1n) is 6.50. The number of hydrogen-bond acceptors (Lipinski definition) is 4. The normalized spacial score (nSPS) is 11.6. The minimum absolute atomic E-state index is 0.127. The Balaban J connectivity index is 2.15. The van der Waals surface area contributed by atoms with Gasteiger partial charge in [0.05, 0.1) is 11.9 Å². The molecule has 2 N–H and O–H groups in total. The highest BCUT2D eigenvalue weighted by Gasteiger charge is 2.05. The van der Waals surface area contributed by atoms with E-state index in [4.69, 9.17) is 0 Å². The lowest BCUT2D eigenvalue weighted by Crippen LogP contribution is -2.31. The topological polar surface area (TPSA) is 93.1 Å². The van der Waals surface area contributed by atoms with Gasteiger partial charge in [-0.15, -0.1) is 0 Å². The van der Waals surface area contributed by atoms with Crippen molar-refractivity contribution < 1.29 is 13.2 Å². The number of nitrogens with zero attached hydrogens (tertiary/aromatic N) is 2. The predicted octanol–water partition coefficient (Wildman–Crippen LogP) is -0.0545. The van der Waals surface area contributed by atoms with E-state index in [0.717, 1.165) is 30.6 Å². The molecule has 114 valence electrons. The molecule has 0 aliphatic heterocycles. The summed E-state index contributed by atoms with van der Waals surface area (Å²) in [5.41, 5.74) is 2.09. The Kier molecular flexibility index (Phi) is 6.15. The molecule has 8 heteroatoms. The van der Waals surface area contributed by atoms with E-state index in [0.29, 0.717) is 6.54 Å².